The van der Waals surface area contributed by atoms with Gasteiger partial charge in [-0.3, -0.25) is 0 Å². The first-order chi connectivity index (χ1) is 6.29. The van der Waals surface area contributed by atoms with E-state index in [-0.39, 0.29) is 0 Å². The predicted molar refractivity (Wildman–Crippen MR) is 51.3 cm³/mol. The average molecular weight is 176 g/mol. The first-order valence-corrected chi connectivity index (χ1v) is 4.31. The number of aryl methyl sites for hydroxylation is 1. The van der Waals surface area contributed by atoms with E-state index in [1.807, 2.05) is 25.1 Å². The van der Waals surface area contributed by atoms with Crippen LogP contribution >= 0.6 is 0 Å². The van der Waals surface area contributed by atoms with Crippen LogP contribution in [0.1, 0.15) is 5.56 Å². The number of hydrogen-bond acceptors (Lipinski definition) is 3. The van der Waals surface area contributed by atoms with Gasteiger partial charge < -0.3 is 5.73 Å². The molecule has 0 amide bonds. The normalized spacial score (nSPS) is 10.9. The summed E-state index contributed by atoms with van der Waals surface area (Å²) in [5.41, 5.74) is 8.48. The second kappa shape index (κ2) is 3.14. The Bertz CT molecular complexity index is 418. The molecule has 1 aromatic heterocycles. The summed E-state index contributed by atoms with van der Waals surface area (Å²) < 4.78 is 0. The van der Waals surface area contributed by atoms with Gasteiger partial charge in [0.05, 0.1) is 6.54 Å². The van der Waals surface area contributed by atoms with Crippen LogP contribution in [0.3, 0.4) is 0 Å². The molecule has 0 saturated heterocycles. The minimum Gasteiger partial charge on any atom is -0.329 e. The van der Waals surface area contributed by atoms with Crippen LogP contribution in [0.5, 0.6) is 0 Å². The Balaban J connectivity index is 2.49. The van der Waals surface area contributed by atoms with Gasteiger partial charge in [0.25, 0.3) is 0 Å². The minimum atomic E-state index is 0.569. The maximum absolute atomic E-state index is 5.41. The lowest BCUT2D eigenvalue weighted by Gasteiger charge is -1.91. The van der Waals surface area contributed by atoms with Crippen molar-refractivity contribution in [1.82, 2.24) is 15.0 Å². The zero-order chi connectivity index (χ0) is 9.26. The van der Waals surface area contributed by atoms with Gasteiger partial charge in [0, 0.05) is 6.54 Å². The van der Waals surface area contributed by atoms with Crippen molar-refractivity contribution in [1.29, 1.82) is 0 Å². The van der Waals surface area contributed by atoms with Gasteiger partial charge in [-0.05, 0) is 24.6 Å². The number of benzene rings is 1. The van der Waals surface area contributed by atoms with Crippen molar-refractivity contribution in [3.63, 3.8) is 0 Å². The highest BCUT2D eigenvalue weighted by Crippen LogP contribution is 2.10. The summed E-state index contributed by atoms with van der Waals surface area (Å²) in [5, 5.41) is 8.56. The Morgan fingerprint density at radius 3 is 2.85 bits per heavy atom. The molecule has 0 aliphatic heterocycles. The van der Waals surface area contributed by atoms with E-state index in [1.165, 1.54) is 5.56 Å². The third-order valence-corrected chi connectivity index (χ3v) is 1.91. The van der Waals surface area contributed by atoms with E-state index in [2.05, 4.69) is 10.2 Å². The summed E-state index contributed by atoms with van der Waals surface area (Å²) in [6.07, 6.45) is 0. The Hall–Kier alpha value is -1.42. The van der Waals surface area contributed by atoms with Crippen molar-refractivity contribution >= 4 is 11.0 Å². The molecule has 0 unspecified atom stereocenters. The van der Waals surface area contributed by atoms with E-state index >= 15 is 0 Å². The molecular formula is C9H12N4. The second-order valence-electron chi connectivity index (χ2n) is 3.08. The number of rotatable bonds is 2. The largest absolute Gasteiger partial charge is 0.329 e. The SMILES string of the molecule is Cc1ccc2nn(CCN)nc2c1. The Morgan fingerprint density at radius 2 is 2.08 bits per heavy atom. The molecule has 4 nitrogen and oxygen atoms in total. The molecule has 0 aliphatic carbocycles. The number of aromatic nitrogens is 3. The van der Waals surface area contributed by atoms with Gasteiger partial charge in [-0.1, -0.05) is 6.07 Å². The molecule has 0 radical (unpaired) electrons. The zero-order valence-electron chi connectivity index (χ0n) is 7.57. The lowest BCUT2D eigenvalue weighted by atomic mass is 10.2. The Labute approximate surface area is 76.3 Å². The molecule has 2 N–H and O–H groups in total. The van der Waals surface area contributed by atoms with Crippen molar-refractivity contribution in [3.05, 3.63) is 23.8 Å². The Kier molecular flexibility index (Phi) is 1.98. The molecule has 0 bridgehead atoms. The second-order valence-corrected chi connectivity index (χ2v) is 3.08. The van der Waals surface area contributed by atoms with Crippen LogP contribution in [0.2, 0.25) is 0 Å². The summed E-state index contributed by atoms with van der Waals surface area (Å²) in [5.74, 6) is 0. The van der Waals surface area contributed by atoms with E-state index in [4.69, 9.17) is 5.73 Å². The lowest BCUT2D eigenvalue weighted by Crippen LogP contribution is -2.12. The highest BCUT2D eigenvalue weighted by atomic mass is 15.5. The highest BCUT2D eigenvalue weighted by Gasteiger charge is 2.00. The molecule has 2 aromatic rings. The van der Waals surface area contributed by atoms with Crippen LogP contribution in [-0.2, 0) is 6.54 Å². The number of hydrogen-bond donors (Lipinski definition) is 1. The van der Waals surface area contributed by atoms with Gasteiger partial charge in [-0.15, -0.1) is 0 Å². The first-order valence-electron chi connectivity index (χ1n) is 4.31. The zero-order valence-corrected chi connectivity index (χ0v) is 7.57. The van der Waals surface area contributed by atoms with Crippen molar-refractivity contribution in [2.45, 2.75) is 13.5 Å². The summed E-state index contributed by atoms with van der Waals surface area (Å²) in [6, 6.07) is 6.03. The van der Waals surface area contributed by atoms with Crippen LogP contribution in [0.4, 0.5) is 0 Å². The molecule has 0 fully saturated rings. The standard InChI is InChI=1S/C9H12N4/c1-7-2-3-8-9(6-7)12-13(11-8)5-4-10/h2-3,6H,4-5,10H2,1H3. The topological polar surface area (TPSA) is 56.7 Å². The van der Waals surface area contributed by atoms with Gasteiger partial charge in [-0.2, -0.15) is 15.0 Å². The van der Waals surface area contributed by atoms with E-state index in [0.717, 1.165) is 11.0 Å². The van der Waals surface area contributed by atoms with Gasteiger partial charge >= 0.3 is 0 Å². The molecule has 1 aromatic carbocycles. The fraction of sp³-hybridized carbons (Fsp3) is 0.333. The van der Waals surface area contributed by atoms with Crippen LogP contribution in [0.25, 0.3) is 11.0 Å². The van der Waals surface area contributed by atoms with Gasteiger partial charge in [-0.25, -0.2) is 0 Å². The van der Waals surface area contributed by atoms with E-state index in [0.29, 0.717) is 13.1 Å². The van der Waals surface area contributed by atoms with E-state index in [1.54, 1.807) is 4.80 Å². The summed E-state index contributed by atoms with van der Waals surface area (Å²) in [7, 11) is 0. The molecule has 0 spiro atoms. The van der Waals surface area contributed by atoms with Crippen molar-refractivity contribution in [3.8, 4) is 0 Å². The molecule has 1 heterocycles. The number of nitrogens with two attached hydrogens (primary N) is 1. The summed E-state index contributed by atoms with van der Waals surface area (Å²) >= 11 is 0. The molecule has 4 heteroatoms. The molecule has 2 rings (SSSR count). The smallest absolute Gasteiger partial charge is 0.113 e. The first kappa shape index (κ1) is 8.19. The van der Waals surface area contributed by atoms with Crippen LogP contribution in [0, 0.1) is 6.92 Å². The maximum Gasteiger partial charge on any atom is 0.113 e. The fourth-order valence-corrected chi connectivity index (χ4v) is 1.28. The summed E-state index contributed by atoms with van der Waals surface area (Å²) in [4.78, 5) is 1.64. The summed E-state index contributed by atoms with van der Waals surface area (Å²) in [6.45, 7) is 3.29. The Morgan fingerprint density at radius 1 is 1.31 bits per heavy atom. The number of fused-ring (bicyclic) bond motifs is 1. The maximum atomic E-state index is 5.41. The van der Waals surface area contributed by atoms with Crippen LogP contribution in [-0.4, -0.2) is 21.5 Å². The third kappa shape index (κ3) is 1.53. The third-order valence-electron chi connectivity index (χ3n) is 1.91. The van der Waals surface area contributed by atoms with E-state index in [9.17, 15) is 0 Å². The quantitative estimate of drug-likeness (QED) is 0.732. The molecule has 13 heavy (non-hydrogen) atoms. The van der Waals surface area contributed by atoms with Gasteiger partial charge in [0.2, 0.25) is 0 Å². The van der Waals surface area contributed by atoms with Gasteiger partial charge in [0.15, 0.2) is 0 Å². The van der Waals surface area contributed by atoms with Crippen molar-refractivity contribution in [2.75, 3.05) is 6.54 Å². The fourth-order valence-electron chi connectivity index (χ4n) is 1.28. The molecule has 0 aliphatic rings. The monoisotopic (exact) mass is 176 g/mol. The van der Waals surface area contributed by atoms with Crippen molar-refractivity contribution in [2.24, 2.45) is 5.73 Å². The number of nitrogens with zero attached hydrogens (tertiary/aromatic N) is 3. The van der Waals surface area contributed by atoms with Crippen molar-refractivity contribution < 1.29 is 0 Å². The lowest BCUT2D eigenvalue weighted by molar-refractivity contribution is 0.553. The highest BCUT2D eigenvalue weighted by molar-refractivity contribution is 5.74. The van der Waals surface area contributed by atoms with Gasteiger partial charge in [0.1, 0.15) is 11.0 Å². The molecular weight excluding hydrogens is 164 g/mol. The van der Waals surface area contributed by atoms with Crippen LogP contribution < -0.4 is 5.73 Å². The molecule has 0 atom stereocenters. The molecule has 68 valence electrons. The predicted octanol–water partition coefficient (Wildman–Crippen LogP) is 0.698. The van der Waals surface area contributed by atoms with Crippen LogP contribution in [0.15, 0.2) is 18.2 Å². The van der Waals surface area contributed by atoms with E-state index < -0.39 is 0 Å². The minimum absolute atomic E-state index is 0.569. The molecule has 0 saturated carbocycles. The average Bonchev–Trinajstić information content (AvgIpc) is 2.46.